The van der Waals surface area contributed by atoms with Crippen LogP contribution in [0.3, 0.4) is 0 Å². The third kappa shape index (κ3) is 4.94. The number of hydrogen-bond acceptors (Lipinski definition) is 6. The van der Waals surface area contributed by atoms with Crippen molar-refractivity contribution in [3.63, 3.8) is 0 Å². The molecule has 10 nitrogen and oxygen atoms in total. The molecular weight excluding hydrogens is 426 g/mol. The van der Waals surface area contributed by atoms with Gasteiger partial charge < -0.3 is 19.4 Å². The number of aromatic nitrogens is 4. The molecule has 0 aliphatic heterocycles. The van der Waals surface area contributed by atoms with E-state index in [1.807, 2.05) is 24.3 Å². The summed E-state index contributed by atoms with van der Waals surface area (Å²) in [5.41, 5.74) is 0.288. The van der Waals surface area contributed by atoms with Crippen molar-refractivity contribution in [3.05, 3.63) is 57.0 Å². The first-order valence-corrected chi connectivity index (χ1v) is 11.0. The summed E-state index contributed by atoms with van der Waals surface area (Å²) in [5.74, 6) is 0.747. The van der Waals surface area contributed by atoms with Gasteiger partial charge in [0.25, 0.3) is 5.56 Å². The number of methoxy groups -OCH3 is 1. The van der Waals surface area contributed by atoms with Gasteiger partial charge in [-0.25, -0.2) is 14.6 Å². The van der Waals surface area contributed by atoms with E-state index in [4.69, 9.17) is 9.47 Å². The second-order valence-corrected chi connectivity index (χ2v) is 9.16. The normalized spacial score (nSPS) is 13.8. The van der Waals surface area contributed by atoms with Crippen molar-refractivity contribution >= 4 is 17.3 Å². The molecule has 3 aromatic rings. The van der Waals surface area contributed by atoms with Crippen molar-refractivity contribution in [1.82, 2.24) is 24.0 Å². The number of carbonyl (C=O) groups is 1. The van der Waals surface area contributed by atoms with E-state index in [1.165, 1.54) is 9.13 Å². The maximum absolute atomic E-state index is 13.3. The van der Waals surface area contributed by atoms with E-state index in [-0.39, 0.29) is 24.7 Å². The molecular formula is C23H29N5O5. The molecule has 2 heterocycles. The van der Waals surface area contributed by atoms with Crippen molar-refractivity contribution in [2.24, 2.45) is 0 Å². The van der Waals surface area contributed by atoms with Crippen LogP contribution < -0.4 is 21.3 Å². The average Bonchev–Trinajstić information content (AvgIpc) is 3.49. The van der Waals surface area contributed by atoms with Gasteiger partial charge in [0.05, 0.1) is 13.4 Å². The Morgan fingerprint density at radius 3 is 2.48 bits per heavy atom. The van der Waals surface area contributed by atoms with E-state index in [0.29, 0.717) is 17.7 Å². The minimum absolute atomic E-state index is 0.0937. The molecule has 0 spiro atoms. The molecule has 1 N–H and O–H groups in total. The number of rotatable bonds is 7. The molecule has 10 heteroatoms. The van der Waals surface area contributed by atoms with Gasteiger partial charge in [-0.05, 0) is 51.3 Å². The van der Waals surface area contributed by atoms with Crippen LogP contribution in [0.15, 0.2) is 40.2 Å². The monoisotopic (exact) mass is 455 g/mol. The van der Waals surface area contributed by atoms with Gasteiger partial charge in [0.2, 0.25) is 0 Å². The molecule has 4 rings (SSSR count). The van der Waals surface area contributed by atoms with Gasteiger partial charge in [0, 0.05) is 25.7 Å². The fourth-order valence-corrected chi connectivity index (χ4v) is 3.70. The molecule has 0 unspecified atom stereocenters. The van der Waals surface area contributed by atoms with Gasteiger partial charge >= 0.3 is 11.8 Å². The summed E-state index contributed by atoms with van der Waals surface area (Å²) in [6.07, 6.45) is 2.60. The summed E-state index contributed by atoms with van der Waals surface area (Å²) in [6.45, 7) is 6.10. The first kappa shape index (κ1) is 22.6. The van der Waals surface area contributed by atoms with Crippen molar-refractivity contribution in [1.29, 1.82) is 0 Å². The summed E-state index contributed by atoms with van der Waals surface area (Å²) in [4.78, 5) is 42.8. The lowest BCUT2D eigenvalue weighted by molar-refractivity contribution is 0.0526. The van der Waals surface area contributed by atoms with Crippen LogP contribution in [0.5, 0.6) is 5.75 Å². The van der Waals surface area contributed by atoms with Gasteiger partial charge in [-0.3, -0.25) is 13.9 Å². The van der Waals surface area contributed by atoms with Gasteiger partial charge in [-0.15, -0.1) is 0 Å². The number of imidazole rings is 1. The average molecular weight is 456 g/mol. The molecule has 0 saturated heterocycles. The number of nitrogens with one attached hydrogen (secondary N) is 1. The van der Waals surface area contributed by atoms with Crippen LogP contribution in [0.4, 0.5) is 4.79 Å². The second kappa shape index (κ2) is 8.76. The summed E-state index contributed by atoms with van der Waals surface area (Å²) in [5, 5.41) is 2.66. The Morgan fingerprint density at radius 1 is 1.18 bits per heavy atom. The maximum Gasteiger partial charge on any atom is 0.407 e. The molecule has 176 valence electrons. The van der Waals surface area contributed by atoms with Crippen molar-refractivity contribution in [2.75, 3.05) is 13.7 Å². The number of ether oxygens (including phenoxy) is 2. The lowest BCUT2D eigenvalue weighted by Crippen LogP contribution is -2.42. The lowest BCUT2D eigenvalue weighted by Gasteiger charge is -2.20. The Hall–Kier alpha value is -3.56. The minimum Gasteiger partial charge on any atom is -0.497 e. The quantitative estimate of drug-likeness (QED) is 0.585. The Morgan fingerprint density at radius 2 is 1.88 bits per heavy atom. The third-order valence-electron chi connectivity index (χ3n) is 5.36. The standard InChI is InChI=1S/C23H29N5O5/c1-23(2,3)33-21(30)24-11-12-27-19-18(20(29)28(22(27)31)16-7-8-16)26(14-25-19)13-15-5-9-17(32-4)10-6-15/h5-6,9-10,14,16H,7-8,11-13H2,1-4H3,(H,24,30). The fourth-order valence-electron chi connectivity index (χ4n) is 3.70. The molecule has 2 aromatic heterocycles. The Balaban J connectivity index is 1.66. The zero-order chi connectivity index (χ0) is 23.8. The molecule has 1 aliphatic carbocycles. The van der Waals surface area contributed by atoms with Crippen LogP contribution in [-0.4, -0.2) is 44.0 Å². The van der Waals surface area contributed by atoms with Crippen LogP contribution >= 0.6 is 0 Å². The first-order valence-electron chi connectivity index (χ1n) is 11.0. The zero-order valence-corrected chi connectivity index (χ0v) is 19.3. The highest BCUT2D eigenvalue weighted by Gasteiger charge is 2.30. The Bertz CT molecular complexity index is 1280. The van der Waals surface area contributed by atoms with Crippen molar-refractivity contribution in [2.45, 2.75) is 58.3 Å². The smallest absolute Gasteiger partial charge is 0.407 e. The number of fused-ring (bicyclic) bond motifs is 1. The van der Waals surface area contributed by atoms with Gasteiger partial charge in [-0.1, -0.05) is 12.1 Å². The van der Waals surface area contributed by atoms with Crippen LogP contribution in [0.25, 0.3) is 11.2 Å². The van der Waals surface area contributed by atoms with E-state index in [0.717, 1.165) is 24.2 Å². The van der Waals surface area contributed by atoms with Crippen molar-refractivity contribution < 1.29 is 14.3 Å². The highest BCUT2D eigenvalue weighted by atomic mass is 16.6. The molecule has 0 atom stereocenters. The first-order chi connectivity index (χ1) is 15.7. The fraction of sp³-hybridized carbons (Fsp3) is 0.478. The number of nitrogens with zero attached hydrogens (tertiary/aromatic N) is 4. The minimum atomic E-state index is -0.617. The number of amides is 1. The molecule has 1 amide bonds. The highest BCUT2D eigenvalue weighted by Crippen LogP contribution is 2.32. The van der Waals surface area contributed by atoms with Gasteiger partial charge in [0.15, 0.2) is 11.2 Å². The molecule has 1 saturated carbocycles. The largest absolute Gasteiger partial charge is 0.497 e. The molecule has 0 bridgehead atoms. The Labute approximate surface area is 190 Å². The van der Waals surface area contributed by atoms with E-state index < -0.39 is 17.4 Å². The van der Waals surface area contributed by atoms with E-state index >= 15 is 0 Å². The molecule has 1 aliphatic rings. The molecule has 33 heavy (non-hydrogen) atoms. The predicted octanol–water partition coefficient (Wildman–Crippen LogP) is 2.28. The topological polar surface area (TPSA) is 109 Å². The van der Waals surface area contributed by atoms with E-state index in [1.54, 1.807) is 38.8 Å². The third-order valence-corrected chi connectivity index (χ3v) is 5.36. The maximum atomic E-state index is 13.3. The number of carbonyl (C=O) groups excluding carboxylic acids is 1. The molecule has 1 fully saturated rings. The summed E-state index contributed by atoms with van der Waals surface area (Å²) < 4.78 is 15.0. The van der Waals surface area contributed by atoms with E-state index in [9.17, 15) is 14.4 Å². The van der Waals surface area contributed by atoms with Gasteiger partial charge in [-0.2, -0.15) is 0 Å². The predicted molar refractivity (Wildman–Crippen MR) is 123 cm³/mol. The summed E-state index contributed by atoms with van der Waals surface area (Å²) in [7, 11) is 1.61. The van der Waals surface area contributed by atoms with E-state index in [2.05, 4.69) is 10.3 Å². The Kier molecular flexibility index (Phi) is 6.01. The zero-order valence-electron chi connectivity index (χ0n) is 19.3. The van der Waals surface area contributed by atoms with Crippen LogP contribution in [-0.2, 0) is 17.8 Å². The number of hydrogen-bond donors (Lipinski definition) is 1. The van der Waals surface area contributed by atoms with Gasteiger partial charge in [0.1, 0.15) is 11.4 Å². The van der Waals surface area contributed by atoms with Crippen LogP contribution in [0, 0.1) is 0 Å². The van der Waals surface area contributed by atoms with Crippen LogP contribution in [0.1, 0.15) is 45.2 Å². The van der Waals surface area contributed by atoms with Crippen LogP contribution in [0.2, 0.25) is 0 Å². The summed E-state index contributed by atoms with van der Waals surface area (Å²) >= 11 is 0. The molecule has 1 aromatic carbocycles. The SMILES string of the molecule is COc1ccc(Cn2cnc3c2c(=O)n(C2CC2)c(=O)n3CCNC(=O)OC(C)(C)C)cc1. The van der Waals surface area contributed by atoms with Crippen molar-refractivity contribution in [3.8, 4) is 5.75 Å². The highest BCUT2D eigenvalue weighted by molar-refractivity contribution is 5.70. The summed E-state index contributed by atoms with van der Waals surface area (Å²) in [6, 6.07) is 7.46. The number of alkyl carbamates (subject to hydrolysis) is 1. The number of benzene rings is 1. The lowest BCUT2D eigenvalue weighted by atomic mass is 10.2. The molecule has 0 radical (unpaired) electrons. The second-order valence-electron chi connectivity index (χ2n) is 9.16.